The first-order valence-electron chi connectivity index (χ1n) is 8.63. The summed E-state index contributed by atoms with van der Waals surface area (Å²) in [7, 11) is 3.29. The number of nitriles is 1. The molecule has 1 aliphatic rings. The highest BCUT2D eigenvalue weighted by Crippen LogP contribution is 2.19. The van der Waals surface area contributed by atoms with E-state index < -0.39 is 0 Å². The summed E-state index contributed by atoms with van der Waals surface area (Å²) in [6.07, 6.45) is 2.44. The van der Waals surface area contributed by atoms with Crippen LogP contribution in [0.1, 0.15) is 34.1 Å². The second-order valence-corrected chi connectivity index (χ2v) is 6.51. The van der Waals surface area contributed by atoms with Crippen LogP contribution in [0.4, 0.5) is 0 Å². The van der Waals surface area contributed by atoms with Gasteiger partial charge in [0.1, 0.15) is 5.69 Å². The fourth-order valence-corrected chi connectivity index (χ4v) is 3.11. The van der Waals surface area contributed by atoms with Crippen molar-refractivity contribution < 1.29 is 9.59 Å². The van der Waals surface area contributed by atoms with Crippen molar-refractivity contribution in [3.05, 3.63) is 47.3 Å². The predicted octanol–water partition coefficient (Wildman–Crippen LogP) is 0.0710. The fraction of sp³-hybridized carbons (Fsp3) is 0.389. The Balaban J connectivity index is 1.63. The van der Waals surface area contributed by atoms with Gasteiger partial charge in [0.25, 0.3) is 5.91 Å². The van der Waals surface area contributed by atoms with Gasteiger partial charge in [-0.05, 0) is 24.6 Å². The minimum atomic E-state index is -0.232. The van der Waals surface area contributed by atoms with E-state index in [1.807, 2.05) is 6.07 Å². The Labute approximate surface area is 157 Å². The highest BCUT2D eigenvalue weighted by atomic mass is 16.2. The molecule has 1 fully saturated rings. The summed E-state index contributed by atoms with van der Waals surface area (Å²) < 4.78 is 1.74. The van der Waals surface area contributed by atoms with Crippen LogP contribution in [-0.2, 0) is 11.3 Å². The number of nitrogens with zero attached hydrogens (tertiary/aromatic N) is 5. The van der Waals surface area contributed by atoms with Crippen LogP contribution in [0, 0.1) is 11.3 Å². The molecule has 0 bridgehead atoms. The summed E-state index contributed by atoms with van der Waals surface area (Å²) in [6, 6.07) is 8.43. The first-order valence-corrected chi connectivity index (χ1v) is 8.63. The van der Waals surface area contributed by atoms with Gasteiger partial charge in [0, 0.05) is 26.2 Å². The minimum absolute atomic E-state index is 0.0391. The van der Waals surface area contributed by atoms with Gasteiger partial charge in [-0.2, -0.15) is 5.26 Å². The molecule has 2 aromatic rings. The molecule has 2 N–H and O–H groups in total. The Morgan fingerprint density at radius 2 is 2.30 bits per heavy atom. The van der Waals surface area contributed by atoms with Gasteiger partial charge in [0.2, 0.25) is 5.91 Å². The highest BCUT2D eigenvalue weighted by molar-refractivity contribution is 5.94. The lowest BCUT2D eigenvalue weighted by molar-refractivity contribution is -0.122. The number of hydrogen-bond acceptors (Lipinski definition) is 6. The Morgan fingerprint density at radius 3 is 3.04 bits per heavy atom. The number of benzene rings is 1. The first kappa shape index (κ1) is 18.5. The van der Waals surface area contributed by atoms with Crippen molar-refractivity contribution in [3.63, 3.8) is 0 Å². The topological polar surface area (TPSA) is 116 Å². The van der Waals surface area contributed by atoms with Gasteiger partial charge in [0.15, 0.2) is 0 Å². The molecule has 1 saturated heterocycles. The fourth-order valence-electron chi connectivity index (χ4n) is 3.11. The van der Waals surface area contributed by atoms with Crippen molar-refractivity contribution in [2.45, 2.75) is 25.0 Å². The van der Waals surface area contributed by atoms with Gasteiger partial charge >= 0.3 is 0 Å². The van der Waals surface area contributed by atoms with Crippen molar-refractivity contribution in [1.82, 2.24) is 30.5 Å². The Kier molecular flexibility index (Phi) is 5.47. The van der Waals surface area contributed by atoms with E-state index in [2.05, 4.69) is 20.9 Å². The zero-order chi connectivity index (χ0) is 19.4. The summed E-state index contributed by atoms with van der Waals surface area (Å²) in [4.78, 5) is 25.8. The van der Waals surface area contributed by atoms with Crippen LogP contribution in [0.25, 0.3) is 0 Å². The maximum Gasteiger partial charge on any atom is 0.253 e. The van der Waals surface area contributed by atoms with Crippen LogP contribution in [0.3, 0.4) is 0 Å². The van der Waals surface area contributed by atoms with E-state index in [-0.39, 0.29) is 23.9 Å². The van der Waals surface area contributed by atoms with E-state index in [1.165, 1.54) is 4.90 Å². The zero-order valence-corrected chi connectivity index (χ0v) is 15.2. The number of hydrogen-bond donors (Lipinski definition) is 2. The number of likely N-dealkylation sites (N-methyl/N-ethyl adjacent to an activating group) is 1. The average molecular weight is 367 g/mol. The summed E-state index contributed by atoms with van der Waals surface area (Å²) in [5.74, 6) is -0.230. The van der Waals surface area contributed by atoms with Gasteiger partial charge in [-0.25, -0.2) is 4.68 Å². The number of carbonyl (C=O) groups excluding carboxylic acids is 2. The van der Waals surface area contributed by atoms with Crippen LogP contribution in [-0.4, -0.2) is 58.4 Å². The molecule has 0 unspecified atom stereocenters. The second kappa shape index (κ2) is 7.97. The molecule has 9 nitrogen and oxygen atoms in total. The smallest absolute Gasteiger partial charge is 0.253 e. The van der Waals surface area contributed by atoms with Gasteiger partial charge in [0.05, 0.1) is 36.5 Å². The zero-order valence-electron chi connectivity index (χ0n) is 15.2. The molecule has 140 valence electrons. The number of carbonyl (C=O) groups is 2. The van der Waals surface area contributed by atoms with Crippen LogP contribution >= 0.6 is 0 Å². The molecule has 2 atom stereocenters. The SMILES string of the molecule is CNC(=O)[C@@H]1C[C@H](n2cc(CN(C)C(=O)c3cccc(C#N)c3)nn2)CN1. The molecule has 9 heteroatoms. The Hall–Kier alpha value is -3.25. The molecule has 27 heavy (non-hydrogen) atoms. The summed E-state index contributed by atoms with van der Waals surface area (Å²) in [6.45, 7) is 0.936. The van der Waals surface area contributed by atoms with Gasteiger partial charge in [-0.15, -0.1) is 5.10 Å². The van der Waals surface area contributed by atoms with Crippen molar-refractivity contribution in [2.75, 3.05) is 20.6 Å². The van der Waals surface area contributed by atoms with Crippen molar-refractivity contribution in [2.24, 2.45) is 0 Å². The summed E-state index contributed by atoms with van der Waals surface area (Å²) in [5.41, 5.74) is 1.56. The molecule has 2 heterocycles. The van der Waals surface area contributed by atoms with E-state index in [0.29, 0.717) is 36.3 Å². The predicted molar refractivity (Wildman–Crippen MR) is 96.5 cm³/mol. The normalized spacial score (nSPS) is 18.7. The highest BCUT2D eigenvalue weighted by Gasteiger charge is 2.30. The molecular weight excluding hydrogens is 346 g/mol. The third kappa shape index (κ3) is 4.12. The number of rotatable bonds is 5. The van der Waals surface area contributed by atoms with E-state index in [4.69, 9.17) is 5.26 Å². The number of amides is 2. The number of aromatic nitrogens is 3. The lowest BCUT2D eigenvalue weighted by atomic mass is 10.1. The molecule has 2 amide bonds. The molecule has 1 aromatic carbocycles. The third-order valence-corrected chi connectivity index (χ3v) is 4.59. The van der Waals surface area contributed by atoms with Crippen molar-refractivity contribution >= 4 is 11.8 Å². The van der Waals surface area contributed by atoms with Gasteiger partial charge < -0.3 is 15.5 Å². The van der Waals surface area contributed by atoms with Gasteiger partial charge in [-0.1, -0.05) is 11.3 Å². The molecule has 0 radical (unpaired) electrons. The quantitative estimate of drug-likeness (QED) is 0.773. The lowest BCUT2D eigenvalue weighted by Crippen LogP contribution is -2.38. The molecule has 3 rings (SSSR count). The maximum atomic E-state index is 12.5. The maximum absolute atomic E-state index is 12.5. The molecule has 1 aliphatic heterocycles. The monoisotopic (exact) mass is 367 g/mol. The minimum Gasteiger partial charge on any atom is -0.358 e. The molecule has 0 saturated carbocycles. The van der Waals surface area contributed by atoms with Crippen molar-refractivity contribution in [3.8, 4) is 6.07 Å². The van der Waals surface area contributed by atoms with Crippen LogP contribution in [0.2, 0.25) is 0 Å². The average Bonchev–Trinajstić information content (AvgIpc) is 3.36. The van der Waals surface area contributed by atoms with E-state index in [0.717, 1.165) is 0 Å². The molecule has 1 aromatic heterocycles. The van der Waals surface area contributed by atoms with Crippen molar-refractivity contribution in [1.29, 1.82) is 5.26 Å². The first-order chi connectivity index (χ1) is 13.0. The van der Waals surface area contributed by atoms with Crippen LogP contribution < -0.4 is 10.6 Å². The summed E-state index contributed by atoms with van der Waals surface area (Å²) >= 11 is 0. The molecule has 0 spiro atoms. The van der Waals surface area contributed by atoms with E-state index in [1.54, 1.807) is 49.2 Å². The third-order valence-electron chi connectivity index (χ3n) is 4.59. The Morgan fingerprint density at radius 1 is 1.48 bits per heavy atom. The molecule has 0 aliphatic carbocycles. The van der Waals surface area contributed by atoms with Gasteiger partial charge in [-0.3, -0.25) is 9.59 Å². The summed E-state index contributed by atoms with van der Waals surface area (Å²) in [5, 5.41) is 23.1. The lowest BCUT2D eigenvalue weighted by Gasteiger charge is -2.15. The van der Waals surface area contributed by atoms with Crippen LogP contribution in [0.5, 0.6) is 0 Å². The van der Waals surface area contributed by atoms with E-state index in [9.17, 15) is 9.59 Å². The Bertz CT molecular complexity index is 886. The van der Waals surface area contributed by atoms with Crippen LogP contribution in [0.15, 0.2) is 30.5 Å². The largest absolute Gasteiger partial charge is 0.358 e. The van der Waals surface area contributed by atoms with E-state index >= 15 is 0 Å². The second-order valence-electron chi connectivity index (χ2n) is 6.51. The number of nitrogens with one attached hydrogen (secondary N) is 2. The standard InChI is InChI=1S/C18H21N7O2/c1-20-17(26)16-7-15(9-21-16)25-11-14(22-23-25)10-24(2)18(27)13-5-3-4-12(6-13)8-19/h3-6,11,15-16,21H,7,9-10H2,1-2H3,(H,20,26)/t15-,16-/m0/s1. The molecular formula is C18H21N7O2.